The lowest BCUT2D eigenvalue weighted by Gasteiger charge is -2.18. The number of thiophene rings is 1. The van der Waals surface area contributed by atoms with Gasteiger partial charge in [-0.15, -0.1) is 11.3 Å². The largest absolute Gasteiger partial charge is 0.338 e. The summed E-state index contributed by atoms with van der Waals surface area (Å²) in [7, 11) is 1.71. The van der Waals surface area contributed by atoms with Crippen molar-refractivity contribution in [1.29, 1.82) is 0 Å². The fourth-order valence-corrected chi connectivity index (χ4v) is 2.47. The number of hydrogen-bond donors (Lipinski definition) is 1. The van der Waals surface area contributed by atoms with E-state index in [0.29, 0.717) is 22.6 Å². The molecular formula is C12H15N3O2S. The molecule has 2 heterocycles. The molecule has 0 fully saturated rings. The molecule has 0 aliphatic carbocycles. The molecule has 0 aromatic carbocycles. The van der Waals surface area contributed by atoms with Crippen LogP contribution >= 0.6 is 11.3 Å². The van der Waals surface area contributed by atoms with E-state index in [1.807, 2.05) is 25.3 Å². The minimum Gasteiger partial charge on any atom is -0.338 e. The normalized spacial score (nSPS) is 11.1. The molecule has 0 radical (unpaired) electrons. The van der Waals surface area contributed by atoms with Gasteiger partial charge in [0.25, 0.3) is 5.56 Å². The summed E-state index contributed by atoms with van der Waals surface area (Å²) in [5.41, 5.74) is 0.541. The smallest absolute Gasteiger partial charge is 0.268 e. The number of hydrogen-bond acceptors (Lipinski definition) is 4. The standard InChI is InChI=1S/C12H15N3O2S/c1-7(2)12(17)15(3)6-9-13-8-4-5-18-10(8)11(16)14-9/h4-5,7H,6H2,1-3H3,(H,13,14,16). The number of rotatable bonds is 3. The number of fused-ring (bicyclic) bond motifs is 1. The highest BCUT2D eigenvalue weighted by Crippen LogP contribution is 2.14. The van der Waals surface area contributed by atoms with Gasteiger partial charge in [-0.2, -0.15) is 0 Å². The first-order chi connectivity index (χ1) is 8.49. The molecule has 5 nitrogen and oxygen atoms in total. The van der Waals surface area contributed by atoms with Crippen LogP contribution in [0, 0.1) is 5.92 Å². The monoisotopic (exact) mass is 265 g/mol. The third-order valence-electron chi connectivity index (χ3n) is 2.62. The first-order valence-corrected chi connectivity index (χ1v) is 6.58. The van der Waals surface area contributed by atoms with E-state index >= 15 is 0 Å². The van der Waals surface area contributed by atoms with Crippen LogP contribution in [0.1, 0.15) is 19.7 Å². The van der Waals surface area contributed by atoms with Crippen molar-refractivity contribution in [2.24, 2.45) is 5.92 Å². The van der Waals surface area contributed by atoms with Gasteiger partial charge < -0.3 is 9.88 Å². The van der Waals surface area contributed by atoms with E-state index in [1.54, 1.807) is 11.9 Å². The molecule has 0 aliphatic heterocycles. The predicted octanol–water partition coefficient (Wildman–Crippen LogP) is 1.60. The summed E-state index contributed by atoms with van der Waals surface area (Å²) >= 11 is 1.37. The third kappa shape index (κ3) is 2.43. The number of carbonyl (C=O) groups excluding carboxylic acids is 1. The summed E-state index contributed by atoms with van der Waals surface area (Å²) in [4.78, 5) is 32.1. The molecule has 0 saturated heterocycles. The number of amides is 1. The topological polar surface area (TPSA) is 66.1 Å². The van der Waals surface area contributed by atoms with Gasteiger partial charge in [0.15, 0.2) is 0 Å². The van der Waals surface area contributed by atoms with Gasteiger partial charge in [-0.3, -0.25) is 9.59 Å². The van der Waals surface area contributed by atoms with Crippen LogP contribution in [0.4, 0.5) is 0 Å². The molecule has 0 bridgehead atoms. The van der Waals surface area contributed by atoms with E-state index in [2.05, 4.69) is 9.97 Å². The van der Waals surface area contributed by atoms with Crippen LogP contribution in [-0.2, 0) is 11.3 Å². The highest BCUT2D eigenvalue weighted by molar-refractivity contribution is 7.17. The van der Waals surface area contributed by atoms with Gasteiger partial charge >= 0.3 is 0 Å². The van der Waals surface area contributed by atoms with E-state index in [4.69, 9.17) is 0 Å². The molecule has 0 atom stereocenters. The van der Waals surface area contributed by atoms with Crippen molar-refractivity contribution in [3.05, 3.63) is 27.6 Å². The number of nitrogens with one attached hydrogen (secondary N) is 1. The number of aromatic amines is 1. The predicted molar refractivity (Wildman–Crippen MR) is 71.6 cm³/mol. The lowest BCUT2D eigenvalue weighted by molar-refractivity contribution is -0.133. The van der Waals surface area contributed by atoms with Crippen LogP contribution < -0.4 is 5.56 Å². The fourth-order valence-electron chi connectivity index (χ4n) is 1.74. The molecule has 96 valence electrons. The highest BCUT2D eigenvalue weighted by Gasteiger charge is 2.14. The van der Waals surface area contributed by atoms with Crippen molar-refractivity contribution in [3.8, 4) is 0 Å². The van der Waals surface area contributed by atoms with Crippen LogP contribution in [0.15, 0.2) is 16.2 Å². The maximum Gasteiger partial charge on any atom is 0.268 e. The lowest BCUT2D eigenvalue weighted by atomic mass is 10.2. The first-order valence-electron chi connectivity index (χ1n) is 5.70. The Kier molecular flexibility index (Phi) is 3.47. The minimum absolute atomic E-state index is 0.0306. The molecule has 0 spiro atoms. The van der Waals surface area contributed by atoms with Crippen LogP contribution in [0.3, 0.4) is 0 Å². The molecule has 0 unspecified atom stereocenters. The molecule has 0 aliphatic rings. The Balaban J connectivity index is 2.27. The molecular weight excluding hydrogens is 250 g/mol. The maximum absolute atomic E-state index is 11.8. The Morgan fingerprint density at radius 1 is 1.56 bits per heavy atom. The van der Waals surface area contributed by atoms with E-state index in [1.165, 1.54) is 11.3 Å². The molecule has 2 aromatic heterocycles. The fraction of sp³-hybridized carbons (Fsp3) is 0.417. The van der Waals surface area contributed by atoms with Gasteiger partial charge in [-0.1, -0.05) is 13.8 Å². The average Bonchev–Trinajstić information content (AvgIpc) is 2.76. The summed E-state index contributed by atoms with van der Waals surface area (Å²) < 4.78 is 0.622. The van der Waals surface area contributed by atoms with E-state index in [-0.39, 0.29) is 17.4 Å². The Morgan fingerprint density at radius 3 is 2.94 bits per heavy atom. The minimum atomic E-state index is -0.143. The van der Waals surface area contributed by atoms with Crippen molar-refractivity contribution < 1.29 is 4.79 Å². The number of H-pyrrole nitrogens is 1. The summed E-state index contributed by atoms with van der Waals surface area (Å²) in [5, 5.41) is 1.83. The molecule has 1 N–H and O–H groups in total. The summed E-state index contributed by atoms with van der Waals surface area (Å²) in [6.07, 6.45) is 0. The molecule has 0 saturated carbocycles. The summed E-state index contributed by atoms with van der Waals surface area (Å²) in [6.45, 7) is 4.01. The first kappa shape index (κ1) is 12.8. The second kappa shape index (κ2) is 4.89. The zero-order chi connectivity index (χ0) is 13.3. The van der Waals surface area contributed by atoms with Crippen LogP contribution in [0.5, 0.6) is 0 Å². The molecule has 18 heavy (non-hydrogen) atoms. The summed E-state index contributed by atoms with van der Waals surface area (Å²) in [5.74, 6) is 0.483. The highest BCUT2D eigenvalue weighted by atomic mass is 32.1. The van der Waals surface area contributed by atoms with Crippen molar-refractivity contribution in [1.82, 2.24) is 14.9 Å². The second-order valence-electron chi connectivity index (χ2n) is 4.50. The number of nitrogens with zero attached hydrogens (tertiary/aromatic N) is 2. The van der Waals surface area contributed by atoms with Crippen molar-refractivity contribution >= 4 is 27.5 Å². The Hall–Kier alpha value is -1.69. The number of carbonyl (C=O) groups is 1. The third-order valence-corrected chi connectivity index (χ3v) is 3.52. The quantitative estimate of drug-likeness (QED) is 0.916. The van der Waals surface area contributed by atoms with Crippen molar-refractivity contribution in [3.63, 3.8) is 0 Å². The number of aromatic nitrogens is 2. The molecule has 1 amide bonds. The maximum atomic E-state index is 11.8. The molecule has 2 rings (SSSR count). The van der Waals surface area contributed by atoms with Crippen LogP contribution in [-0.4, -0.2) is 27.8 Å². The van der Waals surface area contributed by atoms with Crippen LogP contribution in [0.25, 0.3) is 10.2 Å². The zero-order valence-corrected chi connectivity index (χ0v) is 11.4. The summed E-state index contributed by atoms with van der Waals surface area (Å²) in [6, 6.07) is 1.81. The van der Waals surface area contributed by atoms with Gasteiger partial charge in [0.2, 0.25) is 5.91 Å². The van der Waals surface area contributed by atoms with Crippen molar-refractivity contribution in [2.45, 2.75) is 20.4 Å². The van der Waals surface area contributed by atoms with Crippen LogP contribution in [0.2, 0.25) is 0 Å². The lowest BCUT2D eigenvalue weighted by Crippen LogP contribution is -2.31. The Morgan fingerprint density at radius 2 is 2.28 bits per heavy atom. The second-order valence-corrected chi connectivity index (χ2v) is 5.41. The van der Waals surface area contributed by atoms with Gasteiger partial charge in [-0.05, 0) is 11.4 Å². The Bertz CT molecular complexity index is 630. The Labute approximate surface area is 108 Å². The molecule has 6 heteroatoms. The average molecular weight is 265 g/mol. The van der Waals surface area contributed by atoms with Crippen molar-refractivity contribution in [2.75, 3.05) is 7.05 Å². The van der Waals surface area contributed by atoms with Gasteiger partial charge in [-0.25, -0.2) is 4.98 Å². The zero-order valence-electron chi connectivity index (χ0n) is 10.6. The van der Waals surface area contributed by atoms with Gasteiger partial charge in [0.05, 0.1) is 12.1 Å². The van der Waals surface area contributed by atoms with Gasteiger partial charge in [0, 0.05) is 13.0 Å². The van der Waals surface area contributed by atoms with E-state index in [0.717, 1.165) is 0 Å². The van der Waals surface area contributed by atoms with Gasteiger partial charge in [0.1, 0.15) is 10.5 Å². The van der Waals surface area contributed by atoms with E-state index in [9.17, 15) is 9.59 Å². The van der Waals surface area contributed by atoms with E-state index < -0.39 is 0 Å². The SMILES string of the molecule is CC(C)C(=O)N(C)Cc1nc2ccsc2c(=O)[nH]1. The molecule has 2 aromatic rings.